The summed E-state index contributed by atoms with van der Waals surface area (Å²) in [5.74, 6) is 1.76. The fourth-order valence-electron chi connectivity index (χ4n) is 3.02. The summed E-state index contributed by atoms with van der Waals surface area (Å²) in [6.45, 7) is 6.20. The molecule has 0 saturated carbocycles. The molecule has 116 valence electrons. The summed E-state index contributed by atoms with van der Waals surface area (Å²) in [5, 5.41) is 0. The lowest BCUT2D eigenvalue weighted by molar-refractivity contribution is 0.274. The second kappa shape index (κ2) is 6.51. The molecule has 2 aromatic carbocycles. The van der Waals surface area contributed by atoms with Crippen molar-refractivity contribution in [2.45, 2.75) is 19.9 Å². The summed E-state index contributed by atoms with van der Waals surface area (Å²) < 4.78 is 5.91. The van der Waals surface area contributed by atoms with Gasteiger partial charge in [0.2, 0.25) is 0 Å². The molecular weight excluding hydrogens is 272 g/mol. The van der Waals surface area contributed by atoms with Crippen LogP contribution >= 0.6 is 0 Å². The summed E-state index contributed by atoms with van der Waals surface area (Å²) in [6, 6.07) is 18.3. The zero-order valence-corrected chi connectivity index (χ0v) is 13.2. The molecule has 1 unspecified atom stereocenters. The van der Waals surface area contributed by atoms with Crippen LogP contribution in [0.5, 0.6) is 11.5 Å². The average Bonchev–Trinajstić information content (AvgIpc) is 2.91. The number of ether oxygens (including phenoxy) is 1. The van der Waals surface area contributed by atoms with Crippen molar-refractivity contribution >= 4 is 0 Å². The number of rotatable bonds is 5. The third kappa shape index (κ3) is 3.67. The normalized spacial score (nSPS) is 21.9. The summed E-state index contributed by atoms with van der Waals surface area (Å²) in [4.78, 5) is 2.48. The van der Waals surface area contributed by atoms with Crippen molar-refractivity contribution in [1.29, 1.82) is 0 Å². The van der Waals surface area contributed by atoms with Gasteiger partial charge in [0.25, 0.3) is 0 Å². The van der Waals surface area contributed by atoms with Gasteiger partial charge in [-0.25, -0.2) is 0 Å². The van der Waals surface area contributed by atoms with Crippen LogP contribution in [0.2, 0.25) is 0 Å². The van der Waals surface area contributed by atoms with E-state index in [1.54, 1.807) is 0 Å². The molecule has 3 rings (SSSR count). The second-order valence-corrected chi connectivity index (χ2v) is 6.54. The van der Waals surface area contributed by atoms with Gasteiger partial charge in [0.15, 0.2) is 0 Å². The first-order valence-electron chi connectivity index (χ1n) is 7.91. The minimum atomic E-state index is 0.276. The maximum atomic E-state index is 5.91. The standard InChI is InChI=1S/C19H24N2O/c1-19(14-20)10-11-21(15-19)13-16-6-5-9-18(12-16)22-17-7-3-2-4-8-17/h2-9,12H,10-11,13-15,20H2,1H3. The molecule has 0 amide bonds. The zero-order valence-electron chi connectivity index (χ0n) is 13.2. The summed E-state index contributed by atoms with van der Waals surface area (Å²) >= 11 is 0. The zero-order chi connectivity index (χ0) is 15.4. The van der Waals surface area contributed by atoms with Crippen LogP contribution in [-0.4, -0.2) is 24.5 Å². The van der Waals surface area contributed by atoms with Crippen LogP contribution in [0.3, 0.4) is 0 Å². The molecule has 1 aliphatic heterocycles. The second-order valence-electron chi connectivity index (χ2n) is 6.54. The Kier molecular flexibility index (Phi) is 4.46. The van der Waals surface area contributed by atoms with Crippen LogP contribution < -0.4 is 10.5 Å². The maximum absolute atomic E-state index is 5.91. The SMILES string of the molecule is CC1(CN)CCN(Cc2cccc(Oc3ccccc3)c2)C1. The van der Waals surface area contributed by atoms with E-state index in [2.05, 4.69) is 30.0 Å². The van der Waals surface area contributed by atoms with Crippen LogP contribution in [0.25, 0.3) is 0 Å². The van der Waals surface area contributed by atoms with E-state index in [9.17, 15) is 0 Å². The van der Waals surface area contributed by atoms with Gasteiger partial charge in [-0.05, 0) is 54.8 Å². The van der Waals surface area contributed by atoms with Gasteiger partial charge in [0.1, 0.15) is 11.5 Å². The predicted octanol–water partition coefficient (Wildman–Crippen LogP) is 3.65. The van der Waals surface area contributed by atoms with Crippen LogP contribution in [0.4, 0.5) is 0 Å². The van der Waals surface area contributed by atoms with Gasteiger partial charge in [-0.1, -0.05) is 37.3 Å². The molecule has 1 heterocycles. The Balaban J connectivity index is 1.65. The first kappa shape index (κ1) is 15.1. The van der Waals surface area contributed by atoms with Crippen molar-refractivity contribution in [3.8, 4) is 11.5 Å². The molecule has 2 N–H and O–H groups in total. The van der Waals surface area contributed by atoms with E-state index in [0.29, 0.717) is 0 Å². The van der Waals surface area contributed by atoms with Crippen molar-refractivity contribution in [1.82, 2.24) is 4.90 Å². The maximum Gasteiger partial charge on any atom is 0.127 e. The highest BCUT2D eigenvalue weighted by atomic mass is 16.5. The topological polar surface area (TPSA) is 38.5 Å². The largest absolute Gasteiger partial charge is 0.457 e. The van der Waals surface area contributed by atoms with Crippen molar-refractivity contribution in [2.24, 2.45) is 11.1 Å². The highest BCUT2D eigenvalue weighted by Gasteiger charge is 2.32. The number of nitrogens with zero attached hydrogens (tertiary/aromatic N) is 1. The number of benzene rings is 2. The minimum absolute atomic E-state index is 0.276. The van der Waals surface area contributed by atoms with Crippen LogP contribution in [0.1, 0.15) is 18.9 Å². The number of para-hydroxylation sites is 1. The van der Waals surface area contributed by atoms with E-state index in [4.69, 9.17) is 10.5 Å². The van der Waals surface area contributed by atoms with Gasteiger partial charge in [-0.3, -0.25) is 4.90 Å². The quantitative estimate of drug-likeness (QED) is 0.915. The summed E-state index contributed by atoms with van der Waals surface area (Å²) in [5.41, 5.74) is 7.45. The number of likely N-dealkylation sites (tertiary alicyclic amines) is 1. The van der Waals surface area contributed by atoms with Crippen molar-refractivity contribution in [3.05, 3.63) is 60.2 Å². The average molecular weight is 296 g/mol. The smallest absolute Gasteiger partial charge is 0.127 e. The molecule has 0 spiro atoms. The number of nitrogens with two attached hydrogens (primary N) is 1. The predicted molar refractivity (Wildman–Crippen MR) is 90.0 cm³/mol. The molecule has 1 saturated heterocycles. The molecule has 2 aromatic rings. The molecule has 0 aromatic heterocycles. The van der Waals surface area contributed by atoms with Gasteiger partial charge >= 0.3 is 0 Å². The lowest BCUT2D eigenvalue weighted by Gasteiger charge is -2.22. The van der Waals surface area contributed by atoms with E-state index >= 15 is 0 Å². The van der Waals surface area contributed by atoms with Crippen LogP contribution in [0, 0.1) is 5.41 Å². The van der Waals surface area contributed by atoms with Crippen molar-refractivity contribution < 1.29 is 4.74 Å². The van der Waals surface area contributed by atoms with Gasteiger partial charge in [0, 0.05) is 13.1 Å². The Bertz CT molecular complexity index is 614. The molecule has 0 bridgehead atoms. The van der Waals surface area contributed by atoms with Gasteiger partial charge in [0.05, 0.1) is 0 Å². The van der Waals surface area contributed by atoms with Gasteiger partial charge < -0.3 is 10.5 Å². The van der Waals surface area contributed by atoms with E-state index in [1.807, 2.05) is 36.4 Å². The molecule has 1 fully saturated rings. The van der Waals surface area contributed by atoms with Crippen molar-refractivity contribution in [2.75, 3.05) is 19.6 Å². The van der Waals surface area contributed by atoms with Crippen molar-refractivity contribution in [3.63, 3.8) is 0 Å². The Labute approximate surface area is 132 Å². The Morgan fingerprint density at radius 3 is 2.59 bits per heavy atom. The summed E-state index contributed by atoms with van der Waals surface area (Å²) in [7, 11) is 0. The Morgan fingerprint density at radius 2 is 1.86 bits per heavy atom. The van der Waals surface area contributed by atoms with Crippen LogP contribution in [0.15, 0.2) is 54.6 Å². The van der Waals surface area contributed by atoms with E-state index in [0.717, 1.165) is 37.7 Å². The van der Waals surface area contributed by atoms with E-state index in [-0.39, 0.29) is 5.41 Å². The van der Waals surface area contributed by atoms with E-state index in [1.165, 1.54) is 12.0 Å². The molecule has 0 radical (unpaired) electrons. The highest BCUT2D eigenvalue weighted by molar-refractivity contribution is 5.33. The highest BCUT2D eigenvalue weighted by Crippen LogP contribution is 2.30. The molecule has 1 aliphatic rings. The molecule has 0 aliphatic carbocycles. The number of hydrogen-bond donors (Lipinski definition) is 1. The Morgan fingerprint density at radius 1 is 1.09 bits per heavy atom. The van der Waals surface area contributed by atoms with Crippen LogP contribution in [-0.2, 0) is 6.54 Å². The Hall–Kier alpha value is -1.84. The van der Waals surface area contributed by atoms with Gasteiger partial charge in [-0.15, -0.1) is 0 Å². The molecule has 3 heteroatoms. The third-order valence-electron chi connectivity index (χ3n) is 4.41. The molecular formula is C19H24N2O. The fraction of sp³-hybridized carbons (Fsp3) is 0.368. The number of hydrogen-bond acceptors (Lipinski definition) is 3. The molecule has 3 nitrogen and oxygen atoms in total. The van der Waals surface area contributed by atoms with Gasteiger partial charge in [-0.2, -0.15) is 0 Å². The lowest BCUT2D eigenvalue weighted by Crippen LogP contribution is -2.31. The monoisotopic (exact) mass is 296 g/mol. The lowest BCUT2D eigenvalue weighted by atomic mass is 9.90. The minimum Gasteiger partial charge on any atom is -0.457 e. The molecule has 22 heavy (non-hydrogen) atoms. The van der Waals surface area contributed by atoms with E-state index < -0.39 is 0 Å². The molecule has 1 atom stereocenters. The third-order valence-corrected chi connectivity index (χ3v) is 4.41. The fourth-order valence-corrected chi connectivity index (χ4v) is 3.02. The summed E-state index contributed by atoms with van der Waals surface area (Å²) in [6.07, 6.45) is 1.18. The first-order chi connectivity index (χ1) is 10.7. The first-order valence-corrected chi connectivity index (χ1v) is 7.91.